The smallest absolute Gasteiger partial charge is 0.271 e. The highest BCUT2D eigenvalue weighted by Gasteiger charge is 2.32. The van der Waals surface area contributed by atoms with Crippen LogP contribution in [0, 0.1) is 0 Å². The van der Waals surface area contributed by atoms with E-state index < -0.39 is 39.0 Å². The van der Waals surface area contributed by atoms with Gasteiger partial charge in [-0.1, -0.05) is 42.5 Å². The Hall–Kier alpha value is -2.95. The molecule has 4 N–H and O–H groups in total. The number of aliphatic hydroxyl groups excluding tert-OH is 1. The number of amides is 1. The lowest BCUT2D eigenvalue weighted by Gasteiger charge is -2.28. The minimum atomic E-state index is -4.06. The molecule has 0 saturated heterocycles. The highest BCUT2D eigenvalue weighted by molar-refractivity contribution is 7.89. The van der Waals surface area contributed by atoms with Crippen molar-refractivity contribution in [1.29, 1.82) is 0 Å². The van der Waals surface area contributed by atoms with Crippen LogP contribution in [0.4, 0.5) is 4.39 Å². The summed E-state index contributed by atoms with van der Waals surface area (Å²) in [6.07, 6.45) is -0.0274. The van der Waals surface area contributed by atoms with Gasteiger partial charge in [-0.15, -0.1) is 0 Å². The first-order valence-electron chi connectivity index (χ1n) is 11.4. The van der Waals surface area contributed by atoms with Gasteiger partial charge in [0.15, 0.2) is 0 Å². The van der Waals surface area contributed by atoms with Gasteiger partial charge in [0.05, 0.1) is 34.6 Å². The Bertz CT molecular complexity index is 1250. The molecule has 2 aromatic carbocycles. The maximum Gasteiger partial charge on any atom is 0.271 e. The first-order valence-corrected chi connectivity index (χ1v) is 13.0. The largest absolute Gasteiger partial charge is 0.391 e. The van der Waals surface area contributed by atoms with Gasteiger partial charge in [0.2, 0.25) is 10.0 Å². The number of para-hydroxylation sites is 2. The number of nitrogens with zero attached hydrogens (tertiary/aromatic N) is 2. The molecular weight excluding hydrogens is 471 g/mol. The Morgan fingerprint density at radius 2 is 1.74 bits per heavy atom. The van der Waals surface area contributed by atoms with E-state index in [4.69, 9.17) is 5.14 Å². The minimum Gasteiger partial charge on any atom is -0.391 e. The van der Waals surface area contributed by atoms with Crippen LogP contribution in [-0.2, 0) is 16.4 Å². The monoisotopic (exact) mass is 502 g/mol. The standard InChI is InChI=1S/C25H31FN4O4S/c1-25(2,26)13-12-18(35(27,33)34)15-23(31)21(14-17-8-4-3-5-9-17)30-24(32)22-16-28-19-10-6-7-11-20(19)29-22/h3-11,16,18,21,23,31H,12-15H2,1-2H3,(H,30,32)(H2,27,33,34)/t18-,21+,23+/m1/s1. The van der Waals surface area contributed by atoms with Gasteiger partial charge >= 0.3 is 0 Å². The fraction of sp³-hybridized carbons (Fsp3) is 0.400. The minimum absolute atomic E-state index is 0.0385. The topological polar surface area (TPSA) is 135 Å². The van der Waals surface area contributed by atoms with Gasteiger partial charge in [-0.3, -0.25) is 9.78 Å². The zero-order valence-electron chi connectivity index (χ0n) is 19.8. The molecule has 0 unspecified atom stereocenters. The number of alkyl halides is 1. The molecule has 35 heavy (non-hydrogen) atoms. The lowest BCUT2D eigenvalue weighted by Crippen LogP contribution is -2.47. The number of nitrogens with two attached hydrogens (primary N) is 1. The molecule has 3 atom stereocenters. The molecule has 8 nitrogen and oxygen atoms in total. The van der Waals surface area contributed by atoms with Crippen molar-refractivity contribution in [2.24, 2.45) is 5.14 Å². The summed E-state index contributed by atoms with van der Waals surface area (Å²) in [5, 5.41) is 18.0. The second-order valence-corrected chi connectivity index (χ2v) is 11.1. The van der Waals surface area contributed by atoms with Crippen LogP contribution in [0.5, 0.6) is 0 Å². The lowest BCUT2D eigenvalue weighted by atomic mass is 9.95. The Morgan fingerprint density at radius 3 is 2.37 bits per heavy atom. The molecule has 0 radical (unpaired) electrons. The number of hydrogen-bond donors (Lipinski definition) is 3. The Labute approximate surface area is 204 Å². The number of sulfonamides is 1. The maximum absolute atomic E-state index is 14.0. The third-order valence-corrected chi connectivity index (χ3v) is 7.15. The number of fused-ring (bicyclic) bond motifs is 1. The van der Waals surface area contributed by atoms with Crippen molar-refractivity contribution >= 4 is 27.0 Å². The fourth-order valence-electron chi connectivity index (χ4n) is 3.81. The highest BCUT2D eigenvalue weighted by Crippen LogP contribution is 2.23. The van der Waals surface area contributed by atoms with E-state index in [2.05, 4.69) is 15.3 Å². The molecule has 1 amide bonds. The third-order valence-electron chi connectivity index (χ3n) is 5.79. The third kappa shape index (κ3) is 8.05. The Morgan fingerprint density at radius 1 is 1.11 bits per heavy atom. The quantitative estimate of drug-likeness (QED) is 0.369. The van der Waals surface area contributed by atoms with E-state index >= 15 is 0 Å². The van der Waals surface area contributed by atoms with Gasteiger partial charge in [-0.25, -0.2) is 22.9 Å². The van der Waals surface area contributed by atoms with E-state index in [1.54, 1.807) is 18.2 Å². The number of benzene rings is 2. The zero-order chi connectivity index (χ0) is 25.6. The van der Waals surface area contributed by atoms with Crippen molar-refractivity contribution in [2.45, 2.75) is 62.6 Å². The van der Waals surface area contributed by atoms with Gasteiger partial charge in [0.1, 0.15) is 11.4 Å². The lowest BCUT2D eigenvalue weighted by molar-refractivity contribution is 0.0801. The number of carbonyl (C=O) groups is 1. The molecule has 0 aliphatic rings. The molecule has 1 heterocycles. The van der Waals surface area contributed by atoms with Gasteiger partial charge < -0.3 is 10.4 Å². The average molecular weight is 503 g/mol. The van der Waals surface area contributed by atoms with Crippen LogP contribution in [0.2, 0.25) is 0 Å². The Kier molecular flexibility index (Phi) is 8.52. The second-order valence-electron chi connectivity index (χ2n) is 9.29. The summed E-state index contributed by atoms with van der Waals surface area (Å²) in [5.74, 6) is -0.555. The van der Waals surface area contributed by atoms with Crippen molar-refractivity contribution in [1.82, 2.24) is 15.3 Å². The summed E-state index contributed by atoms with van der Waals surface area (Å²) in [6.45, 7) is 2.71. The van der Waals surface area contributed by atoms with Crippen molar-refractivity contribution in [3.8, 4) is 0 Å². The van der Waals surface area contributed by atoms with Gasteiger partial charge in [0, 0.05) is 0 Å². The van der Waals surface area contributed by atoms with E-state index in [0.717, 1.165) is 5.56 Å². The molecule has 1 aromatic heterocycles. The number of aliphatic hydroxyl groups is 1. The van der Waals surface area contributed by atoms with Crippen molar-refractivity contribution < 1.29 is 22.7 Å². The van der Waals surface area contributed by atoms with Crippen molar-refractivity contribution in [2.75, 3.05) is 0 Å². The van der Waals surface area contributed by atoms with E-state index in [0.29, 0.717) is 11.0 Å². The summed E-state index contributed by atoms with van der Waals surface area (Å²) >= 11 is 0. The second kappa shape index (κ2) is 11.2. The molecule has 3 aromatic rings. The molecule has 0 fully saturated rings. The van der Waals surface area contributed by atoms with Gasteiger partial charge in [-0.05, 0) is 57.2 Å². The number of hydrogen-bond acceptors (Lipinski definition) is 6. The summed E-state index contributed by atoms with van der Waals surface area (Å²) in [6, 6.07) is 15.4. The molecule has 0 aliphatic carbocycles. The van der Waals surface area contributed by atoms with Crippen molar-refractivity contribution in [3.63, 3.8) is 0 Å². The molecule has 3 rings (SSSR count). The van der Waals surface area contributed by atoms with E-state index in [-0.39, 0.29) is 31.4 Å². The number of rotatable bonds is 11. The molecule has 10 heteroatoms. The van der Waals surface area contributed by atoms with Gasteiger partial charge in [-0.2, -0.15) is 0 Å². The summed E-state index contributed by atoms with van der Waals surface area (Å²) in [7, 11) is -4.06. The van der Waals surface area contributed by atoms with E-state index in [1.807, 2.05) is 36.4 Å². The molecule has 0 saturated carbocycles. The van der Waals surface area contributed by atoms with E-state index in [1.165, 1.54) is 20.0 Å². The maximum atomic E-state index is 14.0. The summed E-state index contributed by atoms with van der Waals surface area (Å²) in [4.78, 5) is 21.6. The predicted octanol–water partition coefficient (Wildman–Crippen LogP) is 2.91. The first kappa shape index (κ1) is 26.7. The molecule has 0 aliphatic heterocycles. The first-order chi connectivity index (χ1) is 16.4. The average Bonchev–Trinajstić information content (AvgIpc) is 2.80. The molecule has 188 valence electrons. The van der Waals surface area contributed by atoms with Crippen LogP contribution >= 0.6 is 0 Å². The zero-order valence-corrected chi connectivity index (χ0v) is 20.6. The molecule has 0 spiro atoms. The number of nitrogens with one attached hydrogen (secondary N) is 1. The summed E-state index contributed by atoms with van der Waals surface area (Å²) in [5.41, 5.74) is 0.495. The molecule has 0 bridgehead atoms. The normalized spacial score (nSPS) is 14.9. The SMILES string of the molecule is CC(C)(F)CC[C@H](C[C@H](O)[C@H](Cc1ccccc1)NC(=O)c1cnc2ccccc2n1)S(N)(=O)=O. The number of aromatic nitrogens is 2. The number of primary sulfonamides is 1. The van der Waals surface area contributed by atoms with Crippen LogP contribution in [0.15, 0.2) is 60.8 Å². The Balaban J connectivity index is 1.82. The van der Waals surface area contributed by atoms with Crippen LogP contribution in [0.3, 0.4) is 0 Å². The van der Waals surface area contributed by atoms with Crippen LogP contribution in [-0.4, -0.2) is 52.5 Å². The highest BCUT2D eigenvalue weighted by atomic mass is 32.2. The number of halogens is 1. The predicted molar refractivity (Wildman–Crippen MR) is 133 cm³/mol. The van der Waals surface area contributed by atoms with Crippen LogP contribution in [0.1, 0.15) is 49.2 Å². The van der Waals surface area contributed by atoms with Gasteiger partial charge in [0.25, 0.3) is 5.91 Å². The van der Waals surface area contributed by atoms with Crippen LogP contribution < -0.4 is 10.5 Å². The molecular formula is C25H31FN4O4S. The van der Waals surface area contributed by atoms with Crippen LogP contribution in [0.25, 0.3) is 11.0 Å². The van der Waals surface area contributed by atoms with Crippen molar-refractivity contribution in [3.05, 3.63) is 72.1 Å². The summed E-state index contributed by atoms with van der Waals surface area (Å²) < 4.78 is 38.4. The fourth-order valence-corrected chi connectivity index (χ4v) is 4.73. The number of carbonyl (C=O) groups excluding carboxylic acids is 1. The van der Waals surface area contributed by atoms with E-state index in [9.17, 15) is 22.7 Å².